The third-order valence-electron chi connectivity index (χ3n) is 6.70. The lowest BCUT2D eigenvalue weighted by Gasteiger charge is -2.30. The molecular formula is C25H32N4O7S2. The second kappa shape index (κ2) is 11.8. The molecule has 2 fully saturated rings. The molecular weight excluding hydrogens is 532 g/mol. The molecule has 0 bridgehead atoms. The second-order valence-corrected chi connectivity index (χ2v) is 13.2. The van der Waals surface area contributed by atoms with Gasteiger partial charge in [-0.05, 0) is 74.2 Å². The van der Waals surface area contributed by atoms with Crippen molar-refractivity contribution in [3.05, 3.63) is 48.5 Å². The lowest BCUT2D eigenvalue weighted by molar-refractivity contribution is -0.146. The number of benzene rings is 2. The molecule has 0 spiro atoms. The average Bonchev–Trinajstić information content (AvgIpc) is 3.48. The Morgan fingerprint density at radius 3 is 1.92 bits per heavy atom. The fraction of sp³-hybridized carbons (Fsp3) is 0.440. The summed E-state index contributed by atoms with van der Waals surface area (Å²) in [7, 11) is -6.00. The fourth-order valence-corrected chi connectivity index (χ4v) is 7.63. The molecule has 2 aliphatic heterocycles. The SMILES string of the molecule is COC(=O)C1CCCN(S(=O)(=O)c2ccc(NCC(=O)Nc3ccc(S(=O)(=O)N4CCCC4)cc3)cc2)C1. The lowest BCUT2D eigenvalue weighted by atomic mass is 10.0. The Hall–Kier alpha value is -3.00. The van der Waals surface area contributed by atoms with E-state index in [0.29, 0.717) is 43.9 Å². The van der Waals surface area contributed by atoms with Gasteiger partial charge in [-0.1, -0.05) is 0 Å². The predicted molar refractivity (Wildman–Crippen MR) is 141 cm³/mol. The molecule has 1 atom stereocenters. The van der Waals surface area contributed by atoms with Crippen molar-refractivity contribution in [2.45, 2.75) is 35.5 Å². The van der Waals surface area contributed by atoms with Crippen LogP contribution in [0.25, 0.3) is 0 Å². The van der Waals surface area contributed by atoms with Crippen molar-refractivity contribution in [2.75, 3.05) is 50.5 Å². The maximum atomic E-state index is 13.0. The number of carbonyl (C=O) groups excluding carboxylic acids is 2. The van der Waals surface area contributed by atoms with Crippen LogP contribution in [-0.2, 0) is 34.4 Å². The number of esters is 1. The summed E-state index contributed by atoms with van der Waals surface area (Å²) in [6.07, 6.45) is 2.87. The fourth-order valence-electron chi connectivity index (χ4n) is 4.59. The van der Waals surface area contributed by atoms with E-state index in [1.54, 1.807) is 24.3 Å². The number of ether oxygens (including phenoxy) is 1. The number of carbonyl (C=O) groups is 2. The summed E-state index contributed by atoms with van der Waals surface area (Å²) in [5.41, 5.74) is 1.02. The number of hydrogen-bond acceptors (Lipinski definition) is 8. The maximum absolute atomic E-state index is 13.0. The molecule has 0 aliphatic carbocycles. The highest BCUT2D eigenvalue weighted by Gasteiger charge is 2.33. The third-order valence-corrected chi connectivity index (χ3v) is 10.5. The van der Waals surface area contributed by atoms with Gasteiger partial charge in [-0.2, -0.15) is 8.61 Å². The normalized spacial score (nSPS) is 19.1. The van der Waals surface area contributed by atoms with Crippen molar-refractivity contribution < 1.29 is 31.2 Å². The minimum absolute atomic E-state index is 0.0765. The van der Waals surface area contributed by atoms with E-state index in [1.165, 1.54) is 40.0 Å². The van der Waals surface area contributed by atoms with Crippen LogP contribution in [0.4, 0.5) is 11.4 Å². The van der Waals surface area contributed by atoms with E-state index in [2.05, 4.69) is 10.6 Å². The van der Waals surface area contributed by atoms with E-state index in [0.717, 1.165) is 12.8 Å². The summed E-state index contributed by atoms with van der Waals surface area (Å²) >= 11 is 0. The van der Waals surface area contributed by atoms with Crippen molar-refractivity contribution in [3.8, 4) is 0 Å². The van der Waals surface area contributed by atoms with Gasteiger partial charge in [0.15, 0.2) is 0 Å². The molecule has 2 aliphatic rings. The zero-order valence-electron chi connectivity index (χ0n) is 21.1. The second-order valence-electron chi connectivity index (χ2n) is 9.29. The number of rotatable bonds is 9. The number of anilines is 2. The molecule has 1 unspecified atom stereocenters. The molecule has 2 aromatic carbocycles. The zero-order chi connectivity index (χ0) is 27.3. The van der Waals surface area contributed by atoms with Crippen molar-refractivity contribution in [2.24, 2.45) is 5.92 Å². The molecule has 2 aromatic rings. The van der Waals surface area contributed by atoms with Crippen molar-refractivity contribution in [1.29, 1.82) is 0 Å². The Morgan fingerprint density at radius 1 is 0.816 bits per heavy atom. The summed E-state index contributed by atoms with van der Waals surface area (Å²) < 4.78 is 58.9. The van der Waals surface area contributed by atoms with Crippen LogP contribution in [0, 0.1) is 5.92 Å². The molecule has 2 heterocycles. The first-order valence-electron chi connectivity index (χ1n) is 12.4. The summed E-state index contributed by atoms with van der Waals surface area (Å²) in [6, 6.07) is 12.1. The van der Waals surface area contributed by atoms with Crippen LogP contribution in [0.5, 0.6) is 0 Å². The van der Waals surface area contributed by atoms with E-state index in [9.17, 15) is 26.4 Å². The molecule has 38 heavy (non-hydrogen) atoms. The smallest absolute Gasteiger partial charge is 0.309 e. The predicted octanol–water partition coefficient (Wildman–Crippen LogP) is 2.10. The first-order chi connectivity index (χ1) is 18.1. The molecule has 2 N–H and O–H groups in total. The number of piperidine rings is 1. The molecule has 13 heteroatoms. The van der Waals surface area contributed by atoms with Crippen LogP contribution in [0.2, 0.25) is 0 Å². The van der Waals surface area contributed by atoms with E-state index in [1.807, 2.05) is 0 Å². The summed E-state index contributed by atoms with van der Waals surface area (Å²) in [4.78, 5) is 24.5. The molecule has 0 aromatic heterocycles. The Labute approximate surface area is 223 Å². The van der Waals surface area contributed by atoms with Gasteiger partial charge in [0.1, 0.15) is 0 Å². The van der Waals surface area contributed by atoms with E-state index >= 15 is 0 Å². The first-order valence-corrected chi connectivity index (χ1v) is 15.3. The van der Waals surface area contributed by atoms with Gasteiger partial charge in [0.2, 0.25) is 26.0 Å². The minimum Gasteiger partial charge on any atom is -0.469 e. The van der Waals surface area contributed by atoms with Crippen LogP contribution >= 0.6 is 0 Å². The topological polar surface area (TPSA) is 142 Å². The van der Waals surface area contributed by atoms with Crippen LogP contribution in [-0.4, -0.2) is 77.2 Å². The first kappa shape index (κ1) is 28.0. The lowest BCUT2D eigenvalue weighted by Crippen LogP contribution is -2.42. The Bertz CT molecular complexity index is 1360. The van der Waals surface area contributed by atoms with Crippen molar-refractivity contribution >= 4 is 43.3 Å². The minimum atomic E-state index is -3.77. The van der Waals surface area contributed by atoms with Crippen molar-refractivity contribution in [1.82, 2.24) is 8.61 Å². The summed E-state index contributed by atoms with van der Waals surface area (Å²) in [5.74, 6) is -1.24. The largest absolute Gasteiger partial charge is 0.469 e. The molecule has 206 valence electrons. The van der Waals surface area contributed by atoms with Crippen molar-refractivity contribution in [3.63, 3.8) is 0 Å². The highest BCUT2D eigenvalue weighted by molar-refractivity contribution is 7.89. The van der Waals surface area contributed by atoms with Gasteiger partial charge in [0.05, 0.1) is 29.4 Å². The average molecular weight is 565 g/mol. The maximum Gasteiger partial charge on any atom is 0.309 e. The van der Waals surface area contributed by atoms with E-state index in [-0.39, 0.29) is 28.8 Å². The van der Waals surface area contributed by atoms with Crippen LogP contribution < -0.4 is 10.6 Å². The van der Waals surface area contributed by atoms with Gasteiger partial charge >= 0.3 is 5.97 Å². The molecule has 2 saturated heterocycles. The van der Waals surface area contributed by atoms with E-state index < -0.39 is 31.9 Å². The molecule has 0 radical (unpaired) electrons. The highest BCUT2D eigenvalue weighted by atomic mass is 32.2. The molecule has 4 rings (SSSR count). The van der Waals surface area contributed by atoms with E-state index in [4.69, 9.17) is 4.74 Å². The molecule has 1 amide bonds. The number of nitrogens with zero attached hydrogens (tertiary/aromatic N) is 2. The Kier molecular flexibility index (Phi) is 8.71. The van der Waals surface area contributed by atoms with Gasteiger partial charge < -0.3 is 15.4 Å². The summed E-state index contributed by atoms with van der Waals surface area (Å²) in [5, 5.41) is 5.65. The molecule has 11 nitrogen and oxygen atoms in total. The number of nitrogens with one attached hydrogen (secondary N) is 2. The number of hydrogen-bond donors (Lipinski definition) is 2. The van der Waals surface area contributed by atoms with Crippen LogP contribution in [0.1, 0.15) is 25.7 Å². The van der Waals surface area contributed by atoms with Gasteiger partial charge in [0, 0.05) is 37.6 Å². The van der Waals surface area contributed by atoms with Crippen LogP contribution in [0.3, 0.4) is 0 Å². The quantitative estimate of drug-likeness (QED) is 0.441. The standard InChI is InChI=1S/C25H32N4O7S2/c1-36-25(31)19-5-4-16-29(18-19)38(34,35)23-10-6-20(7-11-23)26-17-24(30)27-21-8-12-22(13-9-21)37(32,33)28-14-2-3-15-28/h6-13,19,26H,2-5,14-18H2,1H3,(H,27,30). The van der Waals surface area contributed by atoms with Gasteiger partial charge in [-0.3, -0.25) is 9.59 Å². The van der Waals surface area contributed by atoms with Crippen LogP contribution in [0.15, 0.2) is 58.3 Å². The number of methoxy groups -OCH3 is 1. The van der Waals surface area contributed by atoms with Gasteiger partial charge in [-0.15, -0.1) is 0 Å². The Morgan fingerprint density at radius 2 is 1.34 bits per heavy atom. The molecule has 0 saturated carbocycles. The van der Waals surface area contributed by atoms with Gasteiger partial charge in [-0.25, -0.2) is 16.8 Å². The third kappa shape index (κ3) is 6.34. The monoisotopic (exact) mass is 564 g/mol. The Balaban J connectivity index is 1.30. The number of sulfonamides is 2. The zero-order valence-corrected chi connectivity index (χ0v) is 22.8. The number of amides is 1. The van der Waals surface area contributed by atoms with Gasteiger partial charge in [0.25, 0.3) is 0 Å². The summed E-state index contributed by atoms with van der Waals surface area (Å²) in [6.45, 7) is 1.38. The highest BCUT2D eigenvalue weighted by Crippen LogP contribution is 2.26.